The molecule has 0 unspecified atom stereocenters. The van der Waals surface area contributed by atoms with Crippen molar-refractivity contribution in [3.05, 3.63) is 83.2 Å². The van der Waals surface area contributed by atoms with E-state index < -0.39 is 0 Å². The van der Waals surface area contributed by atoms with Gasteiger partial charge >= 0.3 is 6.03 Å². The van der Waals surface area contributed by atoms with Gasteiger partial charge in [-0.2, -0.15) is 0 Å². The highest BCUT2D eigenvalue weighted by Gasteiger charge is 2.16. The average molecular weight is 454 g/mol. The van der Waals surface area contributed by atoms with Crippen LogP contribution in [-0.4, -0.2) is 23.0 Å². The fourth-order valence-corrected chi connectivity index (χ4v) is 4.34. The summed E-state index contributed by atoms with van der Waals surface area (Å²) < 4.78 is 16.6. The predicted octanol–water partition coefficient (Wildman–Crippen LogP) is 5.19. The molecule has 34 heavy (non-hydrogen) atoms. The zero-order valence-electron chi connectivity index (χ0n) is 18.3. The molecule has 1 aromatic heterocycles. The molecule has 2 heterocycles. The second kappa shape index (κ2) is 8.55. The number of aromatic nitrogens is 2. The molecule has 8 heteroatoms. The van der Waals surface area contributed by atoms with E-state index in [9.17, 15) is 4.79 Å². The molecule has 3 aromatic carbocycles. The van der Waals surface area contributed by atoms with Crippen LogP contribution in [0.5, 0.6) is 11.5 Å². The van der Waals surface area contributed by atoms with Gasteiger partial charge in [-0.1, -0.05) is 18.2 Å². The van der Waals surface area contributed by atoms with Crippen molar-refractivity contribution in [3.8, 4) is 23.0 Å². The van der Waals surface area contributed by atoms with Crippen molar-refractivity contribution in [1.82, 2.24) is 10.2 Å². The van der Waals surface area contributed by atoms with Crippen molar-refractivity contribution >= 4 is 17.4 Å². The number of anilines is 2. The summed E-state index contributed by atoms with van der Waals surface area (Å²) >= 11 is 0. The molecule has 0 atom stereocenters. The Balaban J connectivity index is 1.12. The number of urea groups is 1. The predicted molar refractivity (Wildman–Crippen MR) is 126 cm³/mol. The summed E-state index contributed by atoms with van der Waals surface area (Å²) in [4.78, 5) is 12.5. The van der Waals surface area contributed by atoms with E-state index in [2.05, 4.69) is 33.0 Å². The molecule has 2 aliphatic rings. The highest BCUT2D eigenvalue weighted by molar-refractivity contribution is 6.00. The number of carbonyl (C=O) groups is 1. The maximum absolute atomic E-state index is 12.5. The second-order valence-electron chi connectivity index (χ2n) is 8.36. The van der Waals surface area contributed by atoms with Gasteiger partial charge in [-0.25, -0.2) is 4.79 Å². The molecule has 8 nitrogen and oxygen atoms in total. The van der Waals surface area contributed by atoms with E-state index in [1.165, 1.54) is 17.5 Å². The molecule has 0 bridgehead atoms. The molecule has 0 radical (unpaired) electrons. The summed E-state index contributed by atoms with van der Waals surface area (Å²) in [6.45, 7) is 0.235. The van der Waals surface area contributed by atoms with Crippen LogP contribution in [0.1, 0.15) is 29.0 Å². The third-order valence-electron chi connectivity index (χ3n) is 5.98. The minimum Gasteiger partial charge on any atom is -0.454 e. The fraction of sp³-hybridized carbons (Fsp3) is 0.192. The third-order valence-corrected chi connectivity index (χ3v) is 5.98. The van der Waals surface area contributed by atoms with E-state index in [0.29, 0.717) is 29.6 Å². The van der Waals surface area contributed by atoms with Crippen LogP contribution in [-0.2, 0) is 19.3 Å². The Bertz CT molecular complexity index is 1380. The molecular formula is C26H22N4O4. The molecule has 0 saturated heterocycles. The first-order valence-electron chi connectivity index (χ1n) is 11.2. The molecule has 0 saturated carbocycles. The van der Waals surface area contributed by atoms with Gasteiger partial charge in [0.25, 0.3) is 0 Å². The Labute approximate surface area is 195 Å². The van der Waals surface area contributed by atoms with E-state index >= 15 is 0 Å². The van der Waals surface area contributed by atoms with Gasteiger partial charge in [0.15, 0.2) is 11.5 Å². The summed E-state index contributed by atoms with van der Waals surface area (Å²) in [5, 5.41) is 14.1. The van der Waals surface area contributed by atoms with Crippen molar-refractivity contribution in [2.45, 2.75) is 25.7 Å². The van der Waals surface area contributed by atoms with Crippen LogP contribution < -0.4 is 20.1 Å². The van der Waals surface area contributed by atoms with Crippen LogP contribution in [0.3, 0.4) is 0 Å². The number of hydrogen-bond acceptors (Lipinski definition) is 6. The van der Waals surface area contributed by atoms with Crippen LogP contribution in [0.25, 0.3) is 11.5 Å². The smallest absolute Gasteiger partial charge is 0.323 e. The maximum Gasteiger partial charge on any atom is 0.323 e. The molecule has 4 aromatic rings. The monoisotopic (exact) mass is 454 g/mol. The van der Waals surface area contributed by atoms with Gasteiger partial charge in [-0.05, 0) is 78.4 Å². The lowest BCUT2D eigenvalue weighted by atomic mass is 10.1. The number of amides is 2. The van der Waals surface area contributed by atoms with E-state index in [-0.39, 0.29) is 12.8 Å². The summed E-state index contributed by atoms with van der Waals surface area (Å²) in [7, 11) is 0. The molecule has 6 rings (SSSR count). The third kappa shape index (κ3) is 4.17. The molecule has 1 aliphatic carbocycles. The number of nitrogens with one attached hydrogen (secondary N) is 2. The fourth-order valence-electron chi connectivity index (χ4n) is 4.34. The van der Waals surface area contributed by atoms with Gasteiger partial charge in [-0.3, -0.25) is 0 Å². The zero-order chi connectivity index (χ0) is 22.9. The highest BCUT2D eigenvalue weighted by Crippen LogP contribution is 2.33. The zero-order valence-corrected chi connectivity index (χ0v) is 18.3. The highest BCUT2D eigenvalue weighted by atomic mass is 16.7. The molecule has 2 N–H and O–H groups in total. The lowest BCUT2D eigenvalue weighted by molar-refractivity contribution is 0.174. The van der Waals surface area contributed by atoms with Gasteiger partial charge in [0.1, 0.15) is 0 Å². The average Bonchev–Trinajstić information content (AvgIpc) is 3.59. The first-order valence-corrected chi connectivity index (χ1v) is 11.2. The topological polar surface area (TPSA) is 98.5 Å². The second-order valence-corrected chi connectivity index (χ2v) is 8.36. The summed E-state index contributed by atoms with van der Waals surface area (Å²) in [5.41, 5.74) is 5.81. The summed E-state index contributed by atoms with van der Waals surface area (Å²) in [6.07, 6.45) is 3.83. The Kier molecular flexibility index (Phi) is 5.10. The van der Waals surface area contributed by atoms with Gasteiger partial charge in [0, 0.05) is 16.9 Å². The molecule has 170 valence electrons. The molecule has 0 fully saturated rings. The molecule has 2 amide bonds. The largest absolute Gasteiger partial charge is 0.454 e. The maximum atomic E-state index is 12.5. The van der Waals surface area contributed by atoms with Gasteiger partial charge < -0.3 is 24.5 Å². The number of rotatable bonds is 5. The number of aryl methyl sites for hydroxylation is 2. The Morgan fingerprint density at radius 1 is 0.853 bits per heavy atom. The Hall–Kier alpha value is -4.33. The van der Waals surface area contributed by atoms with E-state index in [1.54, 1.807) is 6.07 Å². The molecular weight excluding hydrogens is 432 g/mol. The van der Waals surface area contributed by atoms with Crippen molar-refractivity contribution in [3.63, 3.8) is 0 Å². The standard InChI is InChI=1S/C26H22N4O4/c31-26(28-21-9-8-17-3-1-4-18(17)13-21)27-20-6-2-5-19(14-20)25-30-29-24(34-25)12-16-7-10-22-23(11-16)33-15-32-22/h2,5-11,13-14H,1,3-4,12,15H2,(H2,27,28,31). The molecule has 0 spiro atoms. The van der Waals surface area contributed by atoms with Crippen molar-refractivity contribution in [2.75, 3.05) is 17.4 Å². The van der Waals surface area contributed by atoms with Crippen molar-refractivity contribution in [2.24, 2.45) is 0 Å². The lowest BCUT2D eigenvalue weighted by Crippen LogP contribution is -2.19. The van der Waals surface area contributed by atoms with Crippen LogP contribution in [0, 0.1) is 0 Å². The van der Waals surface area contributed by atoms with Crippen molar-refractivity contribution < 1.29 is 18.7 Å². The first-order chi connectivity index (χ1) is 16.7. The van der Waals surface area contributed by atoms with Crippen LogP contribution >= 0.6 is 0 Å². The lowest BCUT2D eigenvalue weighted by Gasteiger charge is -2.09. The van der Waals surface area contributed by atoms with Gasteiger partial charge in [0.05, 0.1) is 6.42 Å². The number of hydrogen-bond donors (Lipinski definition) is 2. The van der Waals surface area contributed by atoms with E-state index in [1.807, 2.05) is 42.5 Å². The van der Waals surface area contributed by atoms with Crippen molar-refractivity contribution in [1.29, 1.82) is 0 Å². The van der Waals surface area contributed by atoms with Gasteiger partial charge in [-0.15, -0.1) is 10.2 Å². The Morgan fingerprint density at radius 3 is 2.65 bits per heavy atom. The van der Waals surface area contributed by atoms with E-state index in [4.69, 9.17) is 13.9 Å². The van der Waals surface area contributed by atoms with Crippen LogP contribution in [0.2, 0.25) is 0 Å². The molecule has 1 aliphatic heterocycles. The first kappa shape index (κ1) is 20.3. The van der Waals surface area contributed by atoms with Gasteiger partial charge in [0.2, 0.25) is 18.6 Å². The minimum absolute atomic E-state index is 0.235. The van der Waals surface area contributed by atoms with E-state index in [0.717, 1.165) is 35.4 Å². The number of benzene rings is 3. The SMILES string of the molecule is O=C(Nc1cccc(-c2nnc(Cc3ccc4c(c3)OCO4)o2)c1)Nc1ccc2c(c1)CCC2. The number of fused-ring (bicyclic) bond motifs is 2. The quantitative estimate of drug-likeness (QED) is 0.431. The number of ether oxygens (including phenoxy) is 2. The summed E-state index contributed by atoms with van der Waals surface area (Å²) in [5.74, 6) is 2.33. The van der Waals surface area contributed by atoms with Crippen LogP contribution in [0.15, 0.2) is 65.1 Å². The minimum atomic E-state index is -0.302. The summed E-state index contributed by atoms with van der Waals surface area (Å²) in [6, 6.07) is 18.8. The van der Waals surface area contributed by atoms with Crippen LogP contribution in [0.4, 0.5) is 16.2 Å². The Morgan fingerprint density at radius 2 is 1.71 bits per heavy atom. The number of carbonyl (C=O) groups excluding carboxylic acids is 1. The number of nitrogens with zero attached hydrogens (tertiary/aromatic N) is 2. The normalized spacial score (nSPS) is 13.5.